The van der Waals surface area contributed by atoms with Crippen LogP contribution in [0.15, 0.2) is 35.3 Å². The highest BCUT2D eigenvalue weighted by Gasteiger charge is 2.24. The number of rotatable bonds is 7. The molecule has 2 heterocycles. The van der Waals surface area contributed by atoms with Crippen LogP contribution in [-0.2, 0) is 0 Å². The fourth-order valence-electron chi connectivity index (χ4n) is 4.16. The third kappa shape index (κ3) is 7.57. The zero-order valence-corrected chi connectivity index (χ0v) is 21.3. The molecular formula is C23H40IN5O. The summed E-state index contributed by atoms with van der Waals surface area (Å²) in [5.74, 6) is 2.04. The first-order chi connectivity index (χ1) is 14.2. The summed E-state index contributed by atoms with van der Waals surface area (Å²) in [6, 6.07) is 10.7. The lowest BCUT2D eigenvalue weighted by Crippen LogP contribution is -2.51. The zero-order valence-electron chi connectivity index (χ0n) is 18.9. The van der Waals surface area contributed by atoms with Gasteiger partial charge in [-0.2, -0.15) is 0 Å². The number of hydrogen-bond acceptors (Lipinski definition) is 4. The van der Waals surface area contributed by atoms with Crippen LogP contribution in [0.2, 0.25) is 0 Å². The molecule has 0 amide bonds. The van der Waals surface area contributed by atoms with Gasteiger partial charge < -0.3 is 19.9 Å². The summed E-state index contributed by atoms with van der Waals surface area (Å²) >= 11 is 0. The number of para-hydroxylation sites is 1. The lowest BCUT2D eigenvalue weighted by Gasteiger charge is -2.37. The molecule has 0 radical (unpaired) electrons. The van der Waals surface area contributed by atoms with Crippen molar-refractivity contribution < 1.29 is 4.74 Å². The van der Waals surface area contributed by atoms with E-state index in [1.54, 1.807) is 0 Å². The van der Waals surface area contributed by atoms with Gasteiger partial charge in [0.1, 0.15) is 11.9 Å². The van der Waals surface area contributed by atoms with Gasteiger partial charge in [0.2, 0.25) is 0 Å². The predicted octanol–water partition coefficient (Wildman–Crippen LogP) is 3.14. The molecule has 170 valence electrons. The summed E-state index contributed by atoms with van der Waals surface area (Å²) in [5, 5.41) is 3.50. The molecule has 1 atom stereocenters. The molecule has 0 aliphatic carbocycles. The maximum absolute atomic E-state index is 6.14. The van der Waals surface area contributed by atoms with Crippen LogP contribution in [0.3, 0.4) is 0 Å². The Hall–Kier alpha value is -1.06. The van der Waals surface area contributed by atoms with E-state index in [0.29, 0.717) is 12.1 Å². The summed E-state index contributed by atoms with van der Waals surface area (Å²) < 4.78 is 6.14. The van der Waals surface area contributed by atoms with Gasteiger partial charge in [-0.15, -0.1) is 24.0 Å². The van der Waals surface area contributed by atoms with E-state index in [9.17, 15) is 0 Å². The van der Waals surface area contributed by atoms with E-state index in [1.165, 1.54) is 13.1 Å². The van der Waals surface area contributed by atoms with Crippen molar-refractivity contribution in [2.24, 2.45) is 4.99 Å². The monoisotopic (exact) mass is 529 g/mol. The molecule has 7 heteroatoms. The second-order valence-electron chi connectivity index (χ2n) is 8.13. The van der Waals surface area contributed by atoms with E-state index < -0.39 is 0 Å². The quantitative estimate of drug-likeness (QED) is 0.334. The normalized spacial score (nSPS) is 20.5. The number of likely N-dealkylation sites (tertiary alicyclic amines) is 1. The number of nitrogens with zero attached hydrogens (tertiary/aromatic N) is 4. The van der Waals surface area contributed by atoms with Crippen LogP contribution in [0.4, 0.5) is 0 Å². The highest BCUT2D eigenvalue weighted by Crippen LogP contribution is 2.18. The number of benzene rings is 1. The molecule has 2 aliphatic heterocycles. The minimum atomic E-state index is 0. The number of ether oxygens (including phenoxy) is 1. The van der Waals surface area contributed by atoms with E-state index in [1.807, 2.05) is 30.3 Å². The van der Waals surface area contributed by atoms with Crippen molar-refractivity contribution in [2.45, 2.75) is 45.8 Å². The third-order valence-electron chi connectivity index (χ3n) is 6.11. The minimum absolute atomic E-state index is 0. The van der Waals surface area contributed by atoms with Gasteiger partial charge >= 0.3 is 0 Å². The Kier molecular flexibility index (Phi) is 11.2. The Morgan fingerprint density at radius 1 is 1.07 bits per heavy atom. The van der Waals surface area contributed by atoms with Crippen LogP contribution in [0, 0.1) is 0 Å². The van der Waals surface area contributed by atoms with Crippen LogP contribution in [0.5, 0.6) is 5.75 Å². The molecule has 30 heavy (non-hydrogen) atoms. The van der Waals surface area contributed by atoms with Gasteiger partial charge in [0.25, 0.3) is 0 Å². The fraction of sp³-hybridized carbons (Fsp3) is 0.696. The topological polar surface area (TPSA) is 43.3 Å². The predicted molar refractivity (Wildman–Crippen MR) is 136 cm³/mol. The van der Waals surface area contributed by atoms with Crippen LogP contribution in [-0.4, -0.2) is 91.7 Å². The molecule has 3 rings (SSSR count). The van der Waals surface area contributed by atoms with Gasteiger partial charge in [-0.05, 0) is 32.5 Å². The van der Waals surface area contributed by atoms with E-state index >= 15 is 0 Å². The number of nitrogens with one attached hydrogen (secondary N) is 1. The van der Waals surface area contributed by atoms with Crippen molar-refractivity contribution in [1.82, 2.24) is 20.0 Å². The minimum Gasteiger partial charge on any atom is -0.490 e. The molecule has 0 bridgehead atoms. The van der Waals surface area contributed by atoms with Crippen LogP contribution in [0.1, 0.15) is 33.6 Å². The first-order valence-corrected chi connectivity index (χ1v) is 11.4. The Balaban J connectivity index is 0.00000320. The maximum atomic E-state index is 6.14. The third-order valence-corrected chi connectivity index (χ3v) is 6.11. The van der Waals surface area contributed by atoms with E-state index in [2.05, 4.69) is 40.8 Å². The highest BCUT2D eigenvalue weighted by molar-refractivity contribution is 14.0. The molecule has 1 aromatic rings. The summed E-state index contributed by atoms with van der Waals surface area (Å²) in [5.41, 5.74) is 0. The average Bonchev–Trinajstić information content (AvgIpc) is 2.78. The van der Waals surface area contributed by atoms with Crippen molar-refractivity contribution in [1.29, 1.82) is 0 Å². The Labute approximate surface area is 200 Å². The Morgan fingerprint density at radius 2 is 1.73 bits per heavy atom. The lowest BCUT2D eigenvalue weighted by atomic mass is 10.1. The largest absolute Gasteiger partial charge is 0.490 e. The SMILES string of the molecule is CCNC(=NCC(C)N1CCN(CC)CC1)N1CCC(Oc2ccccc2)CC1.I. The second-order valence-corrected chi connectivity index (χ2v) is 8.13. The number of guanidine groups is 1. The molecule has 2 fully saturated rings. The van der Waals surface area contributed by atoms with Crippen molar-refractivity contribution in [3.8, 4) is 5.75 Å². The summed E-state index contributed by atoms with van der Waals surface area (Å²) in [7, 11) is 0. The van der Waals surface area contributed by atoms with Crippen molar-refractivity contribution >= 4 is 29.9 Å². The van der Waals surface area contributed by atoms with Crippen LogP contribution >= 0.6 is 24.0 Å². The Bertz CT molecular complexity index is 613. The van der Waals surface area contributed by atoms with Crippen molar-refractivity contribution in [2.75, 3.05) is 58.9 Å². The van der Waals surface area contributed by atoms with Crippen molar-refractivity contribution in [3.63, 3.8) is 0 Å². The molecule has 6 nitrogen and oxygen atoms in total. The van der Waals surface area contributed by atoms with Gasteiger partial charge in [0.05, 0.1) is 6.54 Å². The molecule has 0 spiro atoms. The number of piperazine rings is 1. The van der Waals surface area contributed by atoms with Gasteiger partial charge in [-0.1, -0.05) is 25.1 Å². The molecule has 2 aliphatic rings. The zero-order chi connectivity index (χ0) is 20.5. The van der Waals surface area contributed by atoms with Crippen LogP contribution < -0.4 is 10.1 Å². The molecule has 2 saturated heterocycles. The van der Waals surface area contributed by atoms with Gasteiger partial charge in [-0.3, -0.25) is 9.89 Å². The second kappa shape index (κ2) is 13.4. The smallest absolute Gasteiger partial charge is 0.193 e. The molecule has 1 unspecified atom stereocenters. The van der Waals surface area contributed by atoms with E-state index in [4.69, 9.17) is 9.73 Å². The lowest BCUT2D eigenvalue weighted by molar-refractivity contribution is 0.108. The number of piperidine rings is 1. The van der Waals surface area contributed by atoms with E-state index in [-0.39, 0.29) is 24.0 Å². The standard InChI is InChI=1S/C23H39N5O.HI/c1-4-24-23(25-19-20(3)27-17-15-26(5-2)16-18-27)28-13-11-22(12-14-28)29-21-9-7-6-8-10-21;/h6-10,20,22H,4-5,11-19H2,1-3H3,(H,24,25);1H. The fourth-order valence-corrected chi connectivity index (χ4v) is 4.16. The molecule has 0 saturated carbocycles. The maximum Gasteiger partial charge on any atom is 0.193 e. The molecule has 1 aromatic carbocycles. The van der Waals surface area contributed by atoms with Gasteiger partial charge in [0, 0.05) is 64.7 Å². The summed E-state index contributed by atoms with van der Waals surface area (Å²) in [6.45, 7) is 16.3. The number of hydrogen-bond donors (Lipinski definition) is 1. The summed E-state index contributed by atoms with van der Waals surface area (Å²) in [4.78, 5) is 12.5. The number of likely N-dealkylation sites (N-methyl/N-ethyl adjacent to an activating group) is 1. The average molecular weight is 530 g/mol. The van der Waals surface area contributed by atoms with Crippen LogP contribution in [0.25, 0.3) is 0 Å². The van der Waals surface area contributed by atoms with E-state index in [0.717, 1.165) is 70.4 Å². The van der Waals surface area contributed by atoms with Gasteiger partial charge in [-0.25, -0.2) is 0 Å². The van der Waals surface area contributed by atoms with Crippen molar-refractivity contribution in [3.05, 3.63) is 30.3 Å². The Morgan fingerprint density at radius 3 is 2.33 bits per heavy atom. The van der Waals surface area contributed by atoms with Gasteiger partial charge in [0.15, 0.2) is 5.96 Å². The highest BCUT2D eigenvalue weighted by atomic mass is 127. The molecular weight excluding hydrogens is 489 g/mol. The first-order valence-electron chi connectivity index (χ1n) is 11.4. The molecule has 1 N–H and O–H groups in total. The number of aliphatic imine (C=N–C) groups is 1. The first kappa shape index (κ1) is 25.2. The summed E-state index contributed by atoms with van der Waals surface area (Å²) in [6.07, 6.45) is 2.37. The molecule has 0 aromatic heterocycles. The number of halogens is 1.